The summed E-state index contributed by atoms with van der Waals surface area (Å²) in [5.74, 6) is -0.673. The van der Waals surface area contributed by atoms with Gasteiger partial charge in [0.2, 0.25) is 0 Å². The van der Waals surface area contributed by atoms with Crippen LogP contribution in [0, 0.1) is 5.82 Å². The monoisotopic (exact) mass is 361 g/mol. The van der Waals surface area contributed by atoms with Gasteiger partial charge in [-0.1, -0.05) is 46.3 Å². The molecule has 3 rings (SSSR count). The Hall–Kier alpha value is -1.68. The third-order valence-corrected chi connectivity index (χ3v) is 4.61. The molecule has 114 valence electrons. The molecule has 1 unspecified atom stereocenters. The maximum absolute atomic E-state index is 14.0. The molecule has 2 aromatic rings. The molecule has 1 aliphatic heterocycles. The van der Waals surface area contributed by atoms with E-state index in [0.717, 1.165) is 19.3 Å². The zero-order valence-corrected chi connectivity index (χ0v) is 13.7. The summed E-state index contributed by atoms with van der Waals surface area (Å²) in [4.78, 5) is 14.5. The minimum atomic E-state index is -0.468. The van der Waals surface area contributed by atoms with E-state index in [9.17, 15) is 9.18 Å². The van der Waals surface area contributed by atoms with Crippen molar-refractivity contribution in [1.82, 2.24) is 4.90 Å². The first-order chi connectivity index (χ1) is 10.6. The van der Waals surface area contributed by atoms with Crippen molar-refractivity contribution in [2.24, 2.45) is 0 Å². The van der Waals surface area contributed by atoms with Gasteiger partial charge in [0.25, 0.3) is 5.91 Å². The summed E-state index contributed by atoms with van der Waals surface area (Å²) in [6.07, 6.45) is 2.77. The number of likely N-dealkylation sites (tertiary alicyclic amines) is 1. The van der Waals surface area contributed by atoms with E-state index >= 15 is 0 Å². The van der Waals surface area contributed by atoms with Gasteiger partial charge in [-0.05, 0) is 43.0 Å². The summed E-state index contributed by atoms with van der Waals surface area (Å²) < 4.78 is 14.7. The minimum Gasteiger partial charge on any atom is -0.335 e. The predicted molar refractivity (Wildman–Crippen MR) is 88.3 cm³/mol. The summed E-state index contributed by atoms with van der Waals surface area (Å²) >= 11 is 3.22. The van der Waals surface area contributed by atoms with E-state index in [1.54, 1.807) is 12.1 Å². The maximum atomic E-state index is 14.0. The van der Waals surface area contributed by atoms with Gasteiger partial charge in [0, 0.05) is 17.1 Å². The molecule has 0 spiro atoms. The van der Waals surface area contributed by atoms with Crippen LogP contribution >= 0.6 is 15.9 Å². The number of hydrogen-bond donors (Lipinski definition) is 0. The fraction of sp³-hybridized carbons (Fsp3) is 0.278. The summed E-state index contributed by atoms with van der Waals surface area (Å²) in [5, 5.41) is 0. The topological polar surface area (TPSA) is 20.3 Å². The van der Waals surface area contributed by atoms with E-state index in [0.29, 0.717) is 11.0 Å². The molecule has 1 heterocycles. The van der Waals surface area contributed by atoms with Gasteiger partial charge in [-0.15, -0.1) is 0 Å². The number of carbonyl (C=O) groups is 1. The Labute approximate surface area is 138 Å². The standard InChI is InChI=1S/C18H17BrFNO/c19-14-8-9-16(17(20)12-14)18(22)21-10-4-7-15(21)11-13-5-2-1-3-6-13/h1-3,5-6,8-9,12,15H,4,7,10-11H2. The van der Waals surface area contributed by atoms with Crippen molar-refractivity contribution in [2.75, 3.05) is 6.54 Å². The number of halogens is 2. The molecule has 1 saturated heterocycles. The first-order valence-electron chi connectivity index (χ1n) is 7.45. The molecule has 1 amide bonds. The highest BCUT2D eigenvalue weighted by Gasteiger charge is 2.30. The van der Waals surface area contributed by atoms with E-state index in [1.807, 2.05) is 23.1 Å². The SMILES string of the molecule is O=C(c1ccc(Br)cc1F)N1CCCC1Cc1ccccc1. The number of benzene rings is 2. The second-order valence-electron chi connectivity index (χ2n) is 5.61. The van der Waals surface area contributed by atoms with Gasteiger partial charge in [0.05, 0.1) is 5.56 Å². The molecule has 0 N–H and O–H groups in total. The Kier molecular flexibility index (Phi) is 4.57. The number of amides is 1. The molecule has 1 aliphatic rings. The largest absolute Gasteiger partial charge is 0.335 e. The van der Waals surface area contributed by atoms with Crippen molar-refractivity contribution < 1.29 is 9.18 Å². The zero-order chi connectivity index (χ0) is 15.5. The number of carbonyl (C=O) groups excluding carboxylic acids is 1. The molecule has 0 aliphatic carbocycles. The van der Waals surface area contributed by atoms with Crippen molar-refractivity contribution in [3.63, 3.8) is 0 Å². The molecular formula is C18H17BrFNO. The van der Waals surface area contributed by atoms with Gasteiger partial charge in [-0.2, -0.15) is 0 Å². The van der Waals surface area contributed by atoms with Crippen molar-refractivity contribution >= 4 is 21.8 Å². The second kappa shape index (κ2) is 6.61. The number of rotatable bonds is 3. The highest BCUT2D eigenvalue weighted by Crippen LogP contribution is 2.25. The fourth-order valence-corrected chi connectivity index (χ4v) is 3.35. The Bertz CT molecular complexity index is 674. The lowest BCUT2D eigenvalue weighted by Gasteiger charge is -2.25. The molecule has 1 atom stereocenters. The maximum Gasteiger partial charge on any atom is 0.257 e. The molecule has 2 nitrogen and oxygen atoms in total. The van der Waals surface area contributed by atoms with Gasteiger partial charge >= 0.3 is 0 Å². The fourth-order valence-electron chi connectivity index (χ4n) is 3.02. The lowest BCUT2D eigenvalue weighted by Crippen LogP contribution is -2.37. The van der Waals surface area contributed by atoms with Crippen molar-refractivity contribution in [3.8, 4) is 0 Å². The normalized spacial score (nSPS) is 17.7. The molecule has 0 bridgehead atoms. The van der Waals surface area contributed by atoms with Crippen LogP contribution in [0.3, 0.4) is 0 Å². The van der Waals surface area contributed by atoms with Gasteiger partial charge < -0.3 is 4.90 Å². The summed E-state index contributed by atoms with van der Waals surface area (Å²) in [5.41, 5.74) is 1.37. The Morgan fingerprint density at radius 2 is 2.00 bits per heavy atom. The first-order valence-corrected chi connectivity index (χ1v) is 8.24. The third kappa shape index (κ3) is 3.22. The van der Waals surface area contributed by atoms with E-state index < -0.39 is 5.82 Å². The number of nitrogens with zero attached hydrogens (tertiary/aromatic N) is 1. The molecule has 0 aromatic heterocycles. The van der Waals surface area contributed by atoms with Crippen LogP contribution in [0.15, 0.2) is 53.0 Å². The van der Waals surface area contributed by atoms with Crippen LogP contribution in [0.25, 0.3) is 0 Å². The van der Waals surface area contributed by atoms with Gasteiger partial charge in [0.15, 0.2) is 0 Å². The molecule has 2 aromatic carbocycles. The van der Waals surface area contributed by atoms with Crippen LogP contribution < -0.4 is 0 Å². The van der Waals surface area contributed by atoms with Crippen LogP contribution in [0.5, 0.6) is 0 Å². The highest BCUT2D eigenvalue weighted by molar-refractivity contribution is 9.10. The summed E-state index contributed by atoms with van der Waals surface area (Å²) in [6.45, 7) is 0.700. The van der Waals surface area contributed by atoms with E-state index in [4.69, 9.17) is 0 Å². The van der Waals surface area contributed by atoms with Gasteiger partial charge in [-0.25, -0.2) is 4.39 Å². The van der Waals surface area contributed by atoms with E-state index in [2.05, 4.69) is 28.1 Å². The van der Waals surface area contributed by atoms with Gasteiger partial charge in [0.1, 0.15) is 5.82 Å². The highest BCUT2D eigenvalue weighted by atomic mass is 79.9. The molecule has 0 saturated carbocycles. The Morgan fingerprint density at radius 1 is 1.23 bits per heavy atom. The van der Waals surface area contributed by atoms with Gasteiger partial charge in [-0.3, -0.25) is 4.79 Å². The Morgan fingerprint density at radius 3 is 2.73 bits per heavy atom. The quantitative estimate of drug-likeness (QED) is 0.791. The summed E-state index contributed by atoms with van der Waals surface area (Å²) in [6, 6.07) is 14.9. The van der Waals surface area contributed by atoms with Crippen LogP contribution in [0.4, 0.5) is 4.39 Å². The van der Waals surface area contributed by atoms with Crippen LogP contribution in [-0.2, 0) is 6.42 Å². The summed E-state index contributed by atoms with van der Waals surface area (Å²) in [7, 11) is 0. The van der Waals surface area contributed by atoms with E-state index in [1.165, 1.54) is 11.6 Å². The molecule has 4 heteroatoms. The smallest absolute Gasteiger partial charge is 0.257 e. The van der Waals surface area contributed by atoms with Crippen molar-refractivity contribution in [2.45, 2.75) is 25.3 Å². The molecule has 22 heavy (non-hydrogen) atoms. The lowest BCUT2D eigenvalue weighted by molar-refractivity contribution is 0.0731. The molecular weight excluding hydrogens is 345 g/mol. The van der Waals surface area contributed by atoms with Crippen molar-refractivity contribution in [3.05, 3.63) is 69.9 Å². The minimum absolute atomic E-state index is 0.151. The van der Waals surface area contributed by atoms with Crippen LogP contribution in [0.1, 0.15) is 28.8 Å². The average molecular weight is 362 g/mol. The third-order valence-electron chi connectivity index (χ3n) is 4.11. The second-order valence-corrected chi connectivity index (χ2v) is 6.52. The zero-order valence-electron chi connectivity index (χ0n) is 12.1. The lowest BCUT2D eigenvalue weighted by atomic mass is 10.0. The first kappa shape index (κ1) is 15.2. The number of hydrogen-bond acceptors (Lipinski definition) is 1. The van der Waals surface area contributed by atoms with Crippen molar-refractivity contribution in [1.29, 1.82) is 0 Å². The average Bonchev–Trinajstić information content (AvgIpc) is 2.96. The van der Waals surface area contributed by atoms with Crippen LogP contribution in [0.2, 0.25) is 0 Å². The molecule has 1 fully saturated rings. The Balaban J connectivity index is 1.79. The van der Waals surface area contributed by atoms with Crippen LogP contribution in [-0.4, -0.2) is 23.4 Å². The van der Waals surface area contributed by atoms with E-state index in [-0.39, 0.29) is 17.5 Å². The predicted octanol–water partition coefficient (Wildman–Crippen LogP) is 4.44. The molecule has 0 radical (unpaired) electrons.